The summed E-state index contributed by atoms with van der Waals surface area (Å²) in [7, 11) is 0. The van der Waals surface area contributed by atoms with E-state index in [2.05, 4.69) is 34.0 Å². The lowest BCUT2D eigenvalue weighted by Crippen LogP contribution is -2.44. The fraction of sp³-hybridized carbons (Fsp3) is 0.500. The summed E-state index contributed by atoms with van der Waals surface area (Å²) >= 11 is 0. The molecule has 1 aromatic carbocycles. The molecule has 128 valence electrons. The Labute approximate surface area is 148 Å². The molecule has 0 atom stereocenters. The fourth-order valence-electron chi connectivity index (χ4n) is 4.81. The molecule has 1 spiro atoms. The number of fused-ring (bicyclic) bond motifs is 1. The van der Waals surface area contributed by atoms with E-state index in [9.17, 15) is 4.79 Å². The van der Waals surface area contributed by atoms with E-state index in [1.807, 2.05) is 0 Å². The monoisotopic (exact) mass is 332 g/mol. The standard InChI is InChI=1S/C22H24N2O/c1-2-17-20(24-12-10-22(11-13-24)8-3-9-22)18-14-16(15-4-5-15)6-7-19(18)23-21(17)25/h1,6-7,14-15H,3-5,8-13H2,(H,23,25). The van der Waals surface area contributed by atoms with Crippen molar-refractivity contribution in [1.29, 1.82) is 0 Å². The quantitative estimate of drug-likeness (QED) is 0.838. The summed E-state index contributed by atoms with van der Waals surface area (Å²) in [5, 5.41) is 1.13. The molecule has 0 amide bonds. The first kappa shape index (κ1) is 15.1. The number of benzene rings is 1. The zero-order valence-corrected chi connectivity index (χ0v) is 14.6. The highest BCUT2D eigenvalue weighted by Crippen LogP contribution is 2.50. The molecule has 3 fully saturated rings. The predicted molar refractivity (Wildman–Crippen MR) is 102 cm³/mol. The minimum absolute atomic E-state index is 0.131. The van der Waals surface area contributed by atoms with Gasteiger partial charge in [-0.1, -0.05) is 18.4 Å². The van der Waals surface area contributed by atoms with Crippen molar-refractivity contribution in [3.05, 3.63) is 39.7 Å². The van der Waals surface area contributed by atoms with E-state index in [0.717, 1.165) is 29.7 Å². The molecule has 0 radical (unpaired) electrons. The molecule has 0 bridgehead atoms. The van der Waals surface area contributed by atoms with Crippen LogP contribution in [0.2, 0.25) is 0 Å². The van der Waals surface area contributed by atoms with E-state index in [-0.39, 0.29) is 5.56 Å². The molecule has 1 aromatic heterocycles. The topological polar surface area (TPSA) is 36.1 Å². The third kappa shape index (κ3) is 2.39. The first-order valence-electron chi connectivity index (χ1n) is 9.61. The van der Waals surface area contributed by atoms with Crippen LogP contribution in [-0.4, -0.2) is 18.1 Å². The molecular formula is C22H24N2O. The van der Waals surface area contributed by atoms with E-state index in [4.69, 9.17) is 6.42 Å². The zero-order chi connectivity index (χ0) is 17.0. The molecule has 2 heterocycles. The molecule has 5 rings (SSSR count). The Morgan fingerprint density at radius 2 is 1.92 bits per heavy atom. The van der Waals surface area contributed by atoms with Crippen LogP contribution >= 0.6 is 0 Å². The first-order valence-corrected chi connectivity index (χ1v) is 9.61. The Kier molecular flexibility index (Phi) is 3.25. The average Bonchev–Trinajstić information content (AvgIpc) is 3.44. The van der Waals surface area contributed by atoms with Crippen molar-refractivity contribution in [3.63, 3.8) is 0 Å². The van der Waals surface area contributed by atoms with Crippen molar-refractivity contribution in [2.24, 2.45) is 5.41 Å². The van der Waals surface area contributed by atoms with Gasteiger partial charge in [-0.05, 0) is 67.6 Å². The fourth-order valence-corrected chi connectivity index (χ4v) is 4.81. The molecule has 2 aliphatic carbocycles. The minimum Gasteiger partial charge on any atom is -0.370 e. The second-order valence-corrected chi connectivity index (χ2v) is 8.24. The van der Waals surface area contributed by atoms with E-state index in [1.54, 1.807) is 0 Å². The predicted octanol–water partition coefficient (Wildman–Crippen LogP) is 4.16. The van der Waals surface area contributed by atoms with Crippen molar-refractivity contribution in [3.8, 4) is 12.3 Å². The smallest absolute Gasteiger partial charge is 0.266 e. The van der Waals surface area contributed by atoms with Crippen molar-refractivity contribution < 1.29 is 0 Å². The van der Waals surface area contributed by atoms with Crippen LogP contribution in [0.25, 0.3) is 10.9 Å². The Balaban J connectivity index is 1.62. The molecule has 25 heavy (non-hydrogen) atoms. The average molecular weight is 332 g/mol. The Bertz CT molecular complexity index is 931. The third-order valence-electron chi connectivity index (χ3n) is 6.76. The van der Waals surface area contributed by atoms with Gasteiger partial charge in [0.1, 0.15) is 5.56 Å². The summed E-state index contributed by atoms with van der Waals surface area (Å²) in [4.78, 5) is 17.9. The van der Waals surface area contributed by atoms with Crippen LogP contribution in [0.4, 0.5) is 5.69 Å². The van der Waals surface area contributed by atoms with Gasteiger partial charge in [-0.15, -0.1) is 6.42 Å². The number of nitrogens with zero attached hydrogens (tertiary/aromatic N) is 1. The number of aromatic amines is 1. The van der Waals surface area contributed by atoms with Gasteiger partial charge < -0.3 is 9.88 Å². The van der Waals surface area contributed by atoms with E-state index in [0.29, 0.717) is 16.9 Å². The van der Waals surface area contributed by atoms with Crippen LogP contribution in [0.3, 0.4) is 0 Å². The van der Waals surface area contributed by atoms with E-state index in [1.165, 1.54) is 50.5 Å². The van der Waals surface area contributed by atoms with Crippen LogP contribution in [0, 0.1) is 17.8 Å². The van der Waals surface area contributed by atoms with Crippen LogP contribution in [0.15, 0.2) is 23.0 Å². The molecule has 3 aliphatic rings. The summed E-state index contributed by atoms with van der Waals surface area (Å²) in [6.07, 6.45) is 14.9. The molecule has 3 nitrogen and oxygen atoms in total. The van der Waals surface area contributed by atoms with Crippen LogP contribution < -0.4 is 10.5 Å². The summed E-state index contributed by atoms with van der Waals surface area (Å²) in [5.74, 6) is 3.37. The van der Waals surface area contributed by atoms with Crippen molar-refractivity contribution in [2.75, 3.05) is 18.0 Å². The van der Waals surface area contributed by atoms with Gasteiger partial charge in [0.25, 0.3) is 5.56 Å². The number of pyridine rings is 1. The van der Waals surface area contributed by atoms with Crippen molar-refractivity contribution in [2.45, 2.75) is 50.9 Å². The maximum Gasteiger partial charge on any atom is 0.266 e. The molecule has 1 saturated heterocycles. The Morgan fingerprint density at radius 3 is 2.52 bits per heavy atom. The van der Waals surface area contributed by atoms with Crippen molar-refractivity contribution in [1.82, 2.24) is 4.98 Å². The number of aromatic nitrogens is 1. The van der Waals surface area contributed by atoms with Gasteiger partial charge >= 0.3 is 0 Å². The molecular weight excluding hydrogens is 308 g/mol. The van der Waals surface area contributed by atoms with E-state index >= 15 is 0 Å². The summed E-state index contributed by atoms with van der Waals surface area (Å²) in [6, 6.07) is 6.49. The second kappa shape index (κ2) is 5.39. The molecule has 0 unspecified atom stereocenters. The number of hydrogen-bond acceptors (Lipinski definition) is 2. The van der Waals surface area contributed by atoms with Crippen molar-refractivity contribution >= 4 is 16.6 Å². The largest absolute Gasteiger partial charge is 0.370 e. The normalized spacial score (nSPS) is 22.0. The van der Waals surface area contributed by atoms with Gasteiger partial charge in [0, 0.05) is 18.5 Å². The maximum atomic E-state index is 12.5. The molecule has 2 saturated carbocycles. The van der Waals surface area contributed by atoms with E-state index < -0.39 is 0 Å². The van der Waals surface area contributed by atoms with Crippen LogP contribution in [-0.2, 0) is 0 Å². The van der Waals surface area contributed by atoms with Gasteiger partial charge in [-0.25, -0.2) is 0 Å². The molecule has 1 aliphatic heterocycles. The lowest BCUT2D eigenvalue weighted by atomic mass is 9.63. The number of hydrogen-bond donors (Lipinski definition) is 1. The van der Waals surface area contributed by atoms with Crippen LogP contribution in [0.5, 0.6) is 0 Å². The summed E-state index contributed by atoms with van der Waals surface area (Å²) < 4.78 is 0. The zero-order valence-electron chi connectivity index (χ0n) is 14.6. The highest BCUT2D eigenvalue weighted by Gasteiger charge is 2.40. The number of nitrogens with one attached hydrogen (secondary N) is 1. The second-order valence-electron chi connectivity index (χ2n) is 8.24. The van der Waals surface area contributed by atoms with Gasteiger partial charge in [0.15, 0.2) is 0 Å². The van der Waals surface area contributed by atoms with Crippen LogP contribution in [0.1, 0.15) is 62.0 Å². The highest BCUT2D eigenvalue weighted by atomic mass is 16.1. The number of terminal acetylenes is 1. The Morgan fingerprint density at radius 1 is 1.16 bits per heavy atom. The number of H-pyrrole nitrogens is 1. The van der Waals surface area contributed by atoms with Gasteiger partial charge in [-0.2, -0.15) is 0 Å². The third-order valence-corrected chi connectivity index (χ3v) is 6.76. The summed E-state index contributed by atoms with van der Waals surface area (Å²) in [5.41, 5.74) is 4.25. The lowest BCUT2D eigenvalue weighted by molar-refractivity contribution is 0.0956. The number of piperidine rings is 1. The SMILES string of the molecule is C#Cc1c(N2CCC3(CCC3)CC2)c2cc(C3CC3)ccc2[nH]c1=O. The maximum absolute atomic E-state index is 12.5. The first-order chi connectivity index (χ1) is 12.2. The van der Waals surface area contributed by atoms with Gasteiger partial charge in [0.2, 0.25) is 0 Å². The minimum atomic E-state index is -0.131. The number of rotatable bonds is 2. The summed E-state index contributed by atoms with van der Waals surface area (Å²) in [6.45, 7) is 2.03. The molecule has 1 N–H and O–H groups in total. The van der Waals surface area contributed by atoms with Gasteiger partial charge in [0.05, 0.1) is 11.2 Å². The molecule has 2 aromatic rings. The van der Waals surface area contributed by atoms with Gasteiger partial charge in [-0.3, -0.25) is 4.79 Å². The Hall–Kier alpha value is -2.21. The lowest BCUT2D eigenvalue weighted by Gasteiger charge is -2.48. The molecule has 3 heteroatoms. The highest BCUT2D eigenvalue weighted by molar-refractivity contribution is 5.95. The number of anilines is 1.